The average Bonchev–Trinajstić information content (AvgIpc) is 2.66. The number of aromatic nitrogens is 1. The monoisotopic (exact) mass is 367 g/mol. The van der Waals surface area contributed by atoms with Gasteiger partial charge in [0.25, 0.3) is 0 Å². The highest BCUT2D eigenvalue weighted by Crippen LogP contribution is 2.30. The van der Waals surface area contributed by atoms with Crippen LogP contribution in [0.2, 0.25) is 0 Å². The van der Waals surface area contributed by atoms with Crippen LogP contribution in [0.5, 0.6) is 5.75 Å². The number of hydrogen-bond acceptors (Lipinski definition) is 5. The number of hydrogen-bond donors (Lipinski definition) is 0. The highest BCUT2D eigenvalue weighted by molar-refractivity contribution is 7.98. The molecule has 0 fully saturated rings. The zero-order valence-corrected chi connectivity index (χ0v) is 15.9. The fourth-order valence-corrected chi connectivity index (χ4v) is 3.63. The fraction of sp³-hybridized carbons (Fsp3) is 0.238. The minimum Gasteiger partial charge on any atom is -0.494 e. The SMILES string of the molecule is CCOC(=O)c1ccc(CSc2cc(C)c3cccc(OC)c3n2)cc1. The van der Waals surface area contributed by atoms with E-state index in [1.807, 2.05) is 24.3 Å². The number of para-hydroxylation sites is 1. The number of rotatable bonds is 6. The number of methoxy groups -OCH3 is 1. The molecule has 0 spiro atoms. The summed E-state index contributed by atoms with van der Waals surface area (Å²) in [6, 6.07) is 15.6. The molecule has 1 aromatic heterocycles. The summed E-state index contributed by atoms with van der Waals surface area (Å²) in [6.07, 6.45) is 0. The Morgan fingerprint density at radius 1 is 1.15 bits per heavy atom. The number of benzene rings is 2. The van der Waals surface area contributed by atoms with Gasteiger partial charge in [-0.15, -0.1) is 11.8 Å². The normalized spacial score (nSPS) is 10.7. The number of fused-ring (bicyclic) bond motifs is 1. The Kier molecular flexibility index (Phi) is 5.78. The minimum absolute atomic E-state index is 0.286. The molecule has 0 radical (unpaired) electrons. The van der Waals surface area contributed by atoms with Crippen molar-refractivity contribution in [2.24, 2.45) is 0 Å². The molecular formula is C21H21NO3S. The summed E-state index contributed by atoms with van der Waals surface area (Å²) in [7, 11) is 1.66. The van der Waals surface area contributed by atoms with E-state index in [1.54, 1.807) is 37.9 Å². The second-order valence-electron chi connectivity index (χ2n) is 5.84. The molecule has 0 bridgehead atoms. The summed E-state index contributed by atoms with van der Waals surface area (Å²) in [5.74, 6) is 1.27. The Labute approximate surface area is 157 Å². The third kappa shape index (κ3) is 3.99. The fourth-order valence-electron chi connectivity index (χ4n) is 2.71. The van der Waals surface area contributed by atoms with E-state index in [9.17, 15) is 4.79 Å². The Bertz CT molecular complexity index is 922. The lowest BCUT2D eigenvalue weighted by atomic mass is 10.1. The zero-order valence-electron chi connectivity index (χ0n) is 15.1. The number of esters is 1. The van der Waals surface area contributed by atoms with Crippen molar-refractivity contribution >= 4 is 28.6 Å². The lowest BCUT2D eigenvalue weighted by molar-refractivity contribution is 0.0526. The van der Waals surface area contributed by atoms with Crippen molar-refractivity contribution in [3.8, 4) is 5.75 Å². The van der Waals surface area contributed by atoms with Gasteiger partial charge in [0.2, 0.25) is 0 Å². The number of nitrogens with zero attached hydrogens (tertiary/aromatic N) is 1. The molecule has 0 amide bonds. The van der Waals surface area contributed by atoms with Gasteiger partial charge in [0.15, 0.2) is 0 Å². The third-order valence-electron chi connectivity index (χ3n) is 4.06. The van der Waals surface area contributed by atoms with E-state index in [0.717, 1.165) is 33.0 Å². The van der Waals surface area contributed by atoms with Gasteiger partial charge >= 0.3 is 5.97 Å². The number of aryl methyl sites for hydroxylation is 1. The smallest absolute Gasteiger partial charge is 0.338 e. The number of thioether (sulfide) groups is 1. The van der Waals surface area contributed by atoms with E-state index < -0.39 is 0 Å². The second-order valence-corrected chi connectivity index (χ2v) is 6.84. The van der Waals surface area contributed by atoms with Gasteiger partial charge in [-0.25, -0.2) is 9.78 Å². The van der Waals surface area contributed by atoms with Crippen LogP contribution in [0.1, 0.15) is 28.4 Å². The first-order valence-corrected chi connectivity index (χ1v) is 9.44. The molecule has 0 saturated carbocycles. The van der Waals surface area contributed by atoms with Gasteiger partial charge in [0.1, 0.15) is 11.3 Å². The highest BCUT2D eigenvalue weighted by Gasteiger charge is 2.09. The van der Waals surface area contributed by atoms with Gasteiger partial charge in [-0.2, -0.15) is 0 Å². The van der Waals surface area contributed by atoms with Crippen molar-refractivity contribution < 1.29 is 14.3 Å². The summed E-state index contributed by atoms with van der Waals surface area (Å²) in [5, 5.41) is 2.06. The van der Waals surface area contributed by atoms with E-state index >= 15 is 0 Å². The van der Waals surface area contributed by atoms with Gasteiger partial charge in [0.05, 0.1) is 24.3 Å². The lowest BCUT2D eigenvalue weighted by Gasteiger charge is -2.09. The van der Waals surface area contributed by atoms with Gasteiger partial charge in [-0.05, 0) is 49.2 Å². The molecule has 3 rings (SSSR count). The van der Waals surface area contributed by atoms with Crippen LogP contribution >= 0.6 is 11.8 Å². The lowest BCUT2D eigenvalue weighted by Crippen LogP contribution is -2.04. The first-order chi connectivity index (χ1) is 12.6. The maximum Gasteiger partial charge on any atom is 0.338 e. The summed E-state index contributed by atoms with van der Waals surface area (Å²) in [6.45, 7) is 4.27. The van der Waals surface area contributed by atoms with E-state index in [1.165, 1.54) is 5.56 Å². The molecule has 0 aliphatic rings. The molecule has 1 heterocycles. The van der Waals surface area contributed by atoms with Crippen LogP contribution in [0.25, 0.3) is 10.9 Å². The maximum atomic E-state index is 11.7. The van der Waals surface area contributed by atoms with Crippen molar-refractivity contribution in [1.82, 2.24) is 4.98 Å². The standard InChI is InChI=1S/C21H21NO3S/c1-4-25-21(23)16-10-8-15(9-11-16)13-26-19-12-14(2)17-6-5-7-18(24-3)20(17)22-19/h5-12H,4,13H2,1-3H3. The van der Waals surface area contributed by atoms with Gasteiger partial charge < -0.3 is 9.47 Å². The van der Waals surface area contributed by atoms with Crippen molar-refractivity contribution in [3.05, 3.63) is 65.2 Å². The summed E-state index contributed by atoms with van der Waals surface area (Å²) < 4.78 is 10.4. The van der Waals surface area contributed by atoms with Gasteiger partial charge in [0, 0.05) is 11.1 Å². The Balaban J connectivity index is 1.76. The van der Waals surface area contributed by atoms with Gasteiger partial charge in [-0.1, -0.05) is 24.3 Å². The van der Waals surface area contributed by atoms with Crippen molar-refractivity contribution in [3.63, 3.8) is 0 Å². The zero-order chi connectivity index (χ0) is 18.5. The molecule has 3 aromatic rings. The van der Waals surface area contributed by atoms with E-state index in [2.05, 4.69) is 19.1 Å². The van der Waals surface area contributed by atoms with Crippen LogP contribution in [0.15, 0.2) is 53.6 Å². The molecule has 5 heteroatoms. The molecule has 134 valence electrons. The predicted octanol–water partition coefficient (Wildman–Crippen LogP) is 5.02. The summed E-state index contributed by atoms with van der Waals surface area (Å²) in [4.78, 5) is 16.5. The van der Waals surface area contributed by atoms with Crippen molar-refractivity contribution in [2.75, 3.05) is 13.7 Å². The first kappa shape index (κ1) is 18.3. The number of carbonyl (C=O) groups excluding carboxylic acids is 1. The molecule has 0 unspecified atom stereocenters. The largest absolute Gasteiger partial charge is 0.494 e. The molecule has 0 N–H and O–H groups in total. The molecule has 0 aliphatic carbocycles. The predicted molar refractivity (Wildman–Crippen MR) is 105 cm³/mol. The van der Waals surface area contributed by atoms with E-state index in [0.29, 0.717) is 12.2 Å². The van der Waals surface area contributed by atoms with Crippen LogP contribution in [0.3, 0.4) is 0 Å². The van der Waals surface area contributed by atoms with Crippen molar-refractivity contribution in [2.45, 2.75) is 24.6 Å². The first-order valence-electron chi connectivity index (χ1n) is 8.45. The average molecular weight is 367 g/mol. The topological polar surface area (TPSA) is 48.4 Å². The minimum atomic E-state index is -0.286. The summed E-state index contributed by atoms with van der Waals surface area (Å²) in [5.41, 5.74) is 3.76. The van der Waals surface area contributed by atoms with Crippen LogP contribution in [-0.2, 0) is 10.5 Å². The quantitative estimate of drug-likeness (QED) is 0.452. The van der Waals surface area contributed by atoms with Crippen molar-refractivity contribution in [1.29, 1.82) is 0 Å². The second kappa shape index (κ2) is 8.23. The van der Waals surface area contributed by atoms with Crippen LogP contribution in [0.4, 0.5) is 0 Å². The molecular weight excluding hydrogens is 346 g/mol. The number of ether oxygens (including phenoxy) is 2. The molecule has 0 aliphatic heterocycles. The Morgan fingerprint density at radius 3 is 2.62 bits per heavy atom. The maximum absolute atomic E-state index is 11.7. The van der Waals surface area contributed by atoms with Crippen LogP contribution < -0.4 is 4.74 Å². The molecule has 4 nitrogen and oxygen atoms in total. The van der Waals surface area contributed by atoms with Crippen LogP contribution in [0, 0.1) is 6.92 Å². The summed E-state index contributed by atoms with van der Waals surface area (Å²) >= 11 is 1.66. The molecule has 2 aromatic carbocycles. The van der Waals surface area contributed by atoms with E-state index in [-0.39, 0.29) is 5.97 Å². The third-order valence-corrected chi connectivity index (χ3v) is 5.04. The number of pyridine rings is 1. The molecule has 26 heavy (non-hydrogen) atoms. The number of carbonyl (C=O) groups is 1. The van der Waals surface area contributed by atoms with Gasteiger partial charge in [-0.3, -0.25) is 0 Å². The Morgan fingerprint density at radius 2 is 1.92 bits per heavy atom. The van der Waals surface area contributed by atoms with E-state index in [4.69, 9.17) is 14.5 Å². The Hall–Kier alpha value is -2.53. The van der Waals surface area contributed by atoms with Crippen LogP contribution in [-0.4, -0.2) is 24.7 Å². The molecule has 0 atom stereocenters. The molecule has 0 saturated heterocycles. The highest BCUT2D eigenvalue weighted by atomic mass is 32.2.